The number of H-pyrrole nitrogens is 1. The molecule has 0 bridgehead atoms. The van der Waals surface area contributed by atoms with E-state index in [4.69, 9.17) is 0 Å². The molecular formula is C26H30N4O3. The highest BCUT2D eigenvalue weighted by Crippen LogP contribution is 2.22. The average Bonchev–Trinajstić information content (AvgIpc) is 2.94. The van der Waals surface area contributed by atoms with Crippen LogP contribution in [0.5, 0.6) is 0 Å². The lowest BCUT2D eigenvalue weighted by Crippen LogP contribution is -2.40. The number of hydrogen-bond donors (Lipinski definition) is 2. The van der Waals surface area contributed by atoms with Gasteiger partial charge < -0.3 is 10.2 Å². The summed E-state index contributed by atoms with van der Waals surface area (Å²) >= 11 is 0. The number of carbonyl (C=O) groups excluding carboxylic acids is 2. The number of nitrogens with one attached hydrogen (secondary N) is 2. The van der Waals surface area contributed by atoms with E-state index in [1.165, 1.54) is 10.2 Å². The molecule has 0 saturated carbocycles. The first-order valence-electron chi connectivity index (χ1n) is 11.3. The number of nitrogens with zero attached hydrogens (tertiary/aromatic N) is 2. The number of rotatable bonds is 5. The van der Waals surface area contributed by atoms with E-state index in [1.807, 2.05) is 25.1 Å². The van der Waals surface area contributed by atoms with E-state index >= 15 is 0 Å². The summed E-state index contributed by atoms with van der Waals surface area (Å²) < 4.78 is 1.34. The Morgan fingerprint density at radius 2 is 1.79 bits per heavy atom. The van der Waals surface area contributed by atoms with Gasteiger partial charge in [-0.15, -0.1) is 0 Å². The number of aryl methyl sites for hydroxylation is 2. The van der Waals surface area contributed by atoms with Gasteiger partial charge in [-0.1, -0.05) is 54.1 Å². The minimum absolute atomic E-state index is 0.0446. The molecular weight excluding hydrogens is 416 g/mol. The minimum Gasteiger partial charge on any atom is -0.354 e. The van der Waals surface area contributed by atoms with Crippen LogP contribution < -0.4 is 10.9 Å². The van der Waals surface area contributed by atoms with E-state index < -0.39 is 0 Å². The molecule has 1 atom stereocenters. The van der Waals surface area contributed by atoms with Crippen molar-refractivity contribution in [2.45, 2.75) is 33.7 Å². The molecule has 7 heteroatoms. The highest BCUT2D eigenvalue weighted by molar-refractivity contribution is 5.82. The van der Waals surface area contributed by atoms with Gasteiger partial charge in [0.15, 0.2) is 0 Å². The predicted molar refractivity (Wildman–Crippen MR) is 128 cm³/mol. The van der Waals surface area contributed by atoms with Gasteiger partial charge in [-0.2, -0.15) is 0 Å². The number of amides is 2. The number of benzene rings is 2. The van der Waals surface area contributed by atoms with Crippen molar-refractivity contribution >= 4 is 11.8 Å². The summed E-state index contributed by atoms with van der Waals surface area (Å²) in [6.45, 7) is 6.74. The van der Waals surface area contributed by atoms with Gasteiger partial charge in [0.25, 0.3) is 5.56 Å². The third kappa shape index (κ3) is 5.08. The van der Waals surface area contributed by atoms with Gasteiger partial charge in [0, 0.05) is 30.9 Å². The summed E-state index contributed by atoms with van der Waals surface area (Å²) in [4.78, 5) is 39.6. The van der Waals surface area contributed by atoms with Crippen LogP contribution in [-0.2, 0) is 22.6 Å². The molecule has 0 spiro atoms. The molecule has 0 radical (unpaired) electrons. The third-order valence-corrected chi connectivity index (χ3v) is 6.36. The zero-order valence-corrected chi connectivity index (χ0v) is 19.4. The second-order valence-corrected chi connectivity index (χ2v) is 8.85. The first kappa shape index (κ1) is 22.6. The molecule has 2 N–H and O–H groups in total. The van der Waals surface area contributed by atoms with Crippen molar-refractivity contribution in [1.82, 2.24) is 20.0 Å². The maximum Gasteiger partial charge on any atom is 0.270 e. The van der Waals surface area contributed by atoms with Crippen molar-refractivity contribution in [1.29, 1.82) is 0 Å². The van der Waals surface area contributed by atoms with Crippen LogP contribution in [0.2, 0.25) is 0 Å². The number of carbonyl (C=O) groups is 2. The lowest BCUT2D eigenvalue weighted by molar-refractivity contribution is -0.132. The molecule has 33 heavy (non-hydrogen) atoms. The molecule has 1 fully saturated rings. The van der Waals surface area contributed by atoms with Crippen molar-refractivity contribution in [2.75, 3.05) is 19.6 Å². The van der Waals surface area contributed by atoms with E-state index in [0.717, 1.165) is 22.4 Å². The Labute approximate surface area is 193 Å². The van der Waals surface area contributed by atoms with E-state index in [9.17, 15) is 14.4 Å². The highest BCUT2D eigenvalue weighted by atomic mass is 16.2. The summed E-state index contributed by atoms with van der Waals surface area (Å²) in [6, 6.07) is 16.6. The van der Waals surface area contributed by atoms with Crippen molar-refractivity contribution < 1.29 is 9.59 Å². The first-order chi connectivity index (χ1) is 15.8. The van der Waals surface area contributed by atoms with Crippen LogP contribution in [0.25, 0.3) is 11.1 Å². The molecule has 1 aromatic heterocycles. The summed E-state index contributed by atoms with van der Waals surface area (Å²) in [7, 11) is 0. The van der Waals surface area contributed by atoms with Crippen molar-refractivity contribution in [3.05, 3.63) is 81.3 Å². The van der Waals surface area contributed by atoms with Crippen LogP contribution in [0.3, 0.4) is 0 Å². The molecule has 1 saturated heterocycles. The summed E-state index contributed by atoms with van der Waals surface area (Å²) in [5.74, 6) is -0.559. The molecule has 2 aromatic carbocycles. The van der Waals surface area contributed by atoms with Gasteiger partial charge in [-0.25, -0.2) is 4.68 Å². The standard InChI is InChI=1S/C26H30N4O3/c1-17-5-4-6-22(13-17)21-9-7-20(8-10-21)14-23-15-29(12-11-27-25(23)32)24(31)16-30-26(33)18(2)19(3)28-30/h4-10,13,23,28H,11-12,14-16H2,1-3H3,(H,27,32)/t23-/m0/s1. The Balaban J connectivity index is 1.45. The Morgan fingerprint density at radius 1 is 1.03 bits per heavy atom. The zero-order chi connectivity index (χ0) is 23.5. The Hall–Kier alpha value is -3.61. The molecule has 172 valence electrons. The highest BCUT2D eigenvalue weighted by Gasteiger charge is 2.28. The van der Waals surface area contributed by atoms with Crippen LogP contribution >= 0.6 is 0 Å². The second-order valence-electron chi connectivity index (χ2n) is 8.85. The lowest BCUT2D eigenvalue weighted by Gasteiger charge is -2.23. The Morgan fingerprint density at radius 3 is 2.45 bits per heavy atom. The van der Waals surface area contributed by atoms with Gasteiger partial charge in [0.1, 0.15) is 6.54 Å². The summed E-state index contributed by atoms with van der Waals surface area (Å²) in [6.07, 6.45) is 0.546. The third-order valence-electron chi connectivity index (χ3n) is 6.36. The molecule has 0 unspecified atom stereocenters. The number of hydrogen-bond acceptors (Lipinski definition) is 3. The van der Waals surface area contributed by atoms with Gasteiger partial charge >= 0.3 is 0 Å². The van der Waals surface area contributed by atoms with E-state index in [1.54, 1.807) is 11.8 Å². The quantitative estimate of drug-likeness (QED) is 0.632. The molecule has 4 rings (SSSR count). The van der Waals surface area contributed by atoms with E-state index in [2.05, 4.69) is 47.7 Å². The zero-order valence-electron chi connectivity index (χ0n) is 19.4. The van der Waals surface area contributed by atoms with Gasteiger partial charge in [-0.3, -0.25) is 19.5 Å². The number of aromatic amines is 1. The molecule has 0 aliphatic carbocycles. The normalized spacial score (nSPS) is 16.4. The van der Waals surface area contributed by atoms with Gasteiger partial charge in [-0.05, 0) is 43.9 Å². The van der Waals surface area contributed by atoms with Crippen LogP contribution in [0.1, 0.15) is 22.4 Å². The van der Waals surface area contributed by atoms with E-state index in [-0.39, 0.29) is 29.8 Å². The Kier molecular flexibility index (Phi) is 6.49. The molecule has 7 nitrogen and oxygen atoms in total. The molecule has 2 heterocycles. The molecule has 1 aliphatic rings. The van der Waals surface area contributed by atoms with Gasteiger partial charge in [0.2, 0.25) is 11.8 Å². The summed E-state index contributed by atoms with van der Waals surface area (Å²) in [5.41, 5.74) is 5.74. The fourth-order valence-corrected chi connectivity index (χ4v) is 4.27. The SMILES string of the molecule is Cc1cccc(-c2ccc(C[C@H]3CN(C(=O)Cn4[nH]c(C)c(C)c4=O)CCNC3=O)cc2)c1. The van der Waals surface area contributed by atoms with Crippen molar-refractivity contribution in [3.8, 4) is 11.1 Å². The van der Waals surface area contributed by atoms with Gasteiger partial charge in [0.05, 0.1) is 5.92 Å². The first-order valence-corrected chi connectivity index (χ1v) is 11.3. The van der Waals surface area contributed by atoms with Crippen LogP contribution in [0.15, 0.2) is 53.3 Å². The maximum absolute atomic E-state index is 12.9. The minimum atomic E-state index is -0.342. The topological polar surface area (TPSA) is 87.2 Å². The smallest absolute Gasteiger partial charge is 0.270 e. The number of aromatic nitrogens is 2. The van der Waals surface area contributed by atoms with E-state index in [0.29, 0.717) is 31.6 Å². The fourth-order valence-electron chi connectivity index (χ4n) is 4.27. The average molecular weight is 447 g/mol. The predicted octanol–water partition coefficient (Wildman–Crippen LogP) is 2.59. The summed E-state index contributed by atoms with van der Waals surface area (Å²) in [5, 5.41) is 5.88. The van der Waals surface area contributed by atoms with Crippen molar-refractivity contribution in [2.24, 2.45) is 5.92 Å². The van der Waals surface area contributed by atoms with Crippen LogP contribution in [0, 0.1) is 26.7 Å². The van der Waals surface area contributed by atoms with Crippen LogP contribution in [-0.4, -0.2) is 46.1 Å². The maximum atomic E-state index is 12.9. The van der Waals surface area contributed by atoms with Crippen LogP contribution in [0.4, 0.5) is 0 Å². The van der Waals surface area contributed by atoms with Crippen molar-refractivity contribution in [3.63, 3.8) is 0 Å². The molecule has 2 amide bonds. The molecule has 1 aliphatic heterocycles. The largest absolute Gasteiger partial charge is 0.354 e. The second kappa shape index (κ2) is 9.48. The lowest BCUT2D eigenvalue weighted by atomic mass is 9.95. The Bertz CT molecular complexity index is 1220. The monoisotopic (exact) mass is 446 g/mol. The fraction of sp³-hybridized carbons (Fsp3) is 0.346. The molecule has 3 aromatic rings.